The van der Waals surface area contributed by atoms with Gasteiger partial charge in [-0.05, 0) is 26.0 Å². The van der Waals surface area contributed by atoms with Crippen LogP contribution in [0, 0.1) is 11.7 Å². The lowest BCUT2D eigenvalue weighted by molar-refractivity contribution is 0.0852. The summed E-state index contributed by atoms with van der Waals surface area (Å²) in [5.74, 6) is -0.802. The van der Waals surface area contributed by atoms with Crippen molar-refractivity contribution in [1.82, 2.24) is 9.88 Å². The van der Waals surface area contributed by atoms with Gasteiger partial charge in [0.15, 0.2) is 5.78 Å². The van der Waals surface area contributed by atoms with E-state index >= 15 is 0 Å². The number of ketones is 1. The summed E-state index contributed by atoms with van der Waals surface area (Å²) in [5, 5.41) is 9.00. The van der Waals surface area contributed by atoms with Gasteiger partial charge in [-0.25, -0.2) is 4.39 Å². The standard InChI is InChI=1S/C14H21FN2O2/c1-10(2)17(6-7-18)9-11(3)14(19)13-5-4-12(15)8-16-13/h4-5,8,10-11,18H,6-7,9H2,1-3H3. The molecule has 0 saturated carbocycles. The Kier molecular flexibility index (Phi) is 6.05. The van der Waals surface area contributed by atoms with E-state index < -0.39 is 5.82 Å². The van der Waals surface area contributed by atoms with E-state index in [1.54, 1.807) is 0 Å². The van der Waals surface area contributed by atoms with Crippen molar-refractivity contribution in [2.24, 2.45) is 5.92 Å². The number of pyridine rings is 1. The van der Waals surface area contributed by atoms with E-state index in [0.717, 1.165) is 6.20 Å². The first-order valence-electron chi connectivity index (χ1n) is 6.46. The molecule has 1 atom stereocenters. The molecule has 19 heavy (non-hydrogen) atoms. The molecule has 0 aliphatic carbocycles. The molecular formula is C14H21FN2O2. The van der Waals surface area contributed by atoms with Gasteiger partial charge in [0.05, 0.1) is 12.8 Å². The zero-order chi connectivity index (χ0) is 14.4. The minimum absolute atomic E-state index is 0.0634. The Hall–Kier alpha value is -1.33. The molecule has 1 aromatic heterocycles. The van der Waals surface area contributed by atoms with Crippen LogP contribution in [0.15, 0.2) is 18.3 Å². The van der Waals surface area contributed by atoms with Crippen LogP contribution in [0.25, 0.3) is 0 Å². The van der Waals surface area contributed by atoms with Gasteiger partial charge in [0.2, 0.25) is 0 Å². The summed E-state index contributed by atoms with van der Waals surface area (Å²) in [5.41, 5.74) is 0.279. The Labute approximate surface area is 113 Å². The van der Waals surface area contributed by atoms with Gasteiger partial charge in [0.1, 0.15) is 11.5 Å². The quantitative estimate of drug-likeness (QED) is 0.765. The van der Waals surface area contributed by atoms with Gasteiger partial charge >= 0.3 is 0 Å². The minimum atomic E-state index is -0.451. The maximum atomic E-state index is 12.8. The Morgan fingerprint density at radius 2 is 2.11 bits per heavy atom. The highest BCUT2D eigenvalue weighted by Gasteiger charge is 2.20. The molecule has 4 nitrogen and oxygen atoms in total. The summed E-state index contributed by atoms with van der Waals surface area (Å²) in [4.78, 5) is 18.0. The molecule has 1 rings (SSSR count). The fourth-order valence-electron chi connectivity index (χ4n) is 1.90. The number of carbonyl (C=O) groups is 1. The molecule has 1 N–H and O–H groups in total. The monoisotopic (exact) mass is 268 g/mol. The van der Waals surface area contributed by atoms with Crippen molar-refractivity contribution in [2.75, 3.05) is 19.7 Å². The number of aliphatic hydroxyl groups is 1. The van der Waals surface area contributed by atoms with E-state index in [4.69, 9.17) is 5.11 Å². The number of aliphatic hydroxyl groups excluding tert-OH is 1. The summed E-state index contributed by atoms with van der Waals surface area (Å²) >= 11 is 0. The number of nitrogens with zero attached hydrogens (tertiary/aromatic N) is 2. The van der Waals surface area contributed by atoms with Crippen LogP contribution >= 0.6 is 0 Å². The maximum Gasteiger partial charge on any atom is 0.185 e. The Morgan fingerprint density at radius 1 is 1.42 bits per heavy atom. The molecule has 1 aromatic rings. The predicted molar refractivity (Wildman–Crippen MR) is 71.5 cm³/mol. The number of aromatic nitrogens is 1. The number of hydrogen-bond acceptors (Lipinski definition) is 4. The molecule has 0 saturated heterocycles. The Balaban J connectivity index is 2.68. The summed E-state index contributed by atoms with van der Waals surface area (Å²) in [7, 11) is 0. The van der Waals surface area contributed by atoms with Gasteiger partial charge in [0, 0.05) is 25.0 Å². The molecule has 5 heteroatoms. The lowest BCUT2D eigenvalue weighted by atomic mass is 10.0. The molecule has 0 aliphatic heterocycles. The van der Waals surface area contributed by atoms with Gasteiger partial charge in [-0.2, -0.15) is 0 Å². The highest BCUT2D eigenvalue weighted by molar-refractivity contribution is 5.95. The van der Waals surface area contributed by atoms with Crippen LogP contribution in [0.2, 0.25) is 0 Å². The summed E-state index contributed by atoms with van der Waals surface area (Å²) < 4.78 is 12.8. The topological polar surface area (TPSA) is 53.4 Å². The molecule has 0 amide bonds. The average Bonchev–Trinajstić information content (AvgIpc) is 2.38. The number of carbonyl (C=O) groups excluding carboxylic acids is 1. The first-order chi connectivity index (χ1) is 8.95. The van der Waals surface area contributed by atoms with Crippen LogP contribution in [0.3, 0.4) is 0 Å². The van der Waals surface area contributed by atoms with Crippen LogP contribution in [-0.4, -0.2) is 46.5 Å². The lowest BCUT2D eigenvalue weighted by Gasteiger charge is -2.27. The van der Waals surface area contributed by atoms with Gasteiger partial charge in [-0.15, -0.1) is 0 Å². The molecule has 106 valence electrons. The molecular weight excluding hydrogens is 247 g/mol. The van der Waals surface area contributed by atoms with Crippen LogP contribution in [-0.2, 0) is 0 Å². The normalized spacial score (nSPS) is 13.0. The number of halogens is 1. The van der Waals surface area contributed by atoms with Crippen molar-refractivity contribution in [1.29, 1.82) is 0 Å². The van der Waals surface area contributed by atoms with E-state index in [1.165, 1.54) is 12.1 Å². The van der Waals surface area contributed by atoms with Crippen LogP contribution in [0.5, 0.6) is 0 Å². The third kappa shape index (κ3) is 4.69. The number of hydrogen-bond donors (Lipinski definition) is 1. The molecule has 0 bridgehead atoms. The predicted octanol–water partition coefficient (Wildman–Crippen LogP) is 1.74. The first-order valence-corrected chi connectivity index (χ1v) is 6.46. The van der Waals surface area contributed by atoms with Crippen molar-refractivity contribution < 1.29 is 14.3 Å². The SMILES string of the molecule is CC(CN(CCO)C(C)C)C(=O)c1ccc(F)cn1. The smallest absolute Gasteiger partial charge is 0.185 e. The van der Waals surface area contributed by atoms with Gasteiger partial charge in [0.25, 0.3) is 0 Å². The first kappa shape index (κ1) is 15.7. The zero-order valence-corrected chi connectivity index (χ0v) is 11.6. The van der Waals surface area contributed by atoms with Crippen LogP contribution < -0.4 is 0 Å². The fraction of sp³-hybridized carbons (Fsp3) is 0.571. The Morgan fingerprint density at radius 3 is 2.58 bits per heavy atom. The van der Waals surface area contributed by atoms with E-state index in [0.29, 0.717) is 13.1 Å². The van der Waals surface area contributed by atoms with E-state index in [2.05, 4.69) is 4.98 Å². The highest BCUT2D eigenvalue weighted by atomic mass is 19.1. The molecule has 0 spiro atoms. The summed E-state index contributed by atoms with van der Waals surface area (Å²) in [6.07, 6.45) is 1.05. The van der Waals surface area contributed by atoms with E-state index in [1.807, 2.05) is 25.7 Å². The van der Waals surface area contributed by atoms with Crippen molar-refractivity contribution in [2.45, 2.75) is 26.8 Å². The molecule has 0 aromatic carbocycles. The molecule has 0 radical (unpaired) electrons. The summed E-state index contributed by atoms with van der Waals surface area (Å²) in [6.45, 7) is 7.00. The number of rotatable bonds is 7. The maximum absolute atomic E-state index is 12.8. The van der Waals surface area contributed by atoms with E-state index in [-0.39, 0.29) is 30.0 Å². The zero-order valence-electron chi connectivity index (χ0n) is 11.6. The molecule has 0 aliphatic rings. The second-order valence-electron chi connectivity index (χ2n) is 4.94. The van der Waals surface area contributed by atoms with Gasteiger partial charge in [-0.1, -0.05) is 6.92 Å². The number of Topliss-reactive ketones (excluding diaryl/α,β-unsaturated/α-hetero) is 1. The highest BCUT2D eigenvalue weighted by Crippen LogP contribution is 2.11. The largest absolute Gasteiger partial charge is 0.395 e. The third-order valence-corrected chi connectivity index (χ3v) is 3.05. The summed E-state index contributed by atoms with van der Waals surface area (Å²) in [6, 6.07) is 2.89. The second kappa shape index (κ2) is 7.31. The molecule has 1 heterocycles. The van der Waals surface area contributed by atoms with Crippen LogP contribution in [0.1, 0.15) is 31.3 Å². The Bertz CT molecular complexity index is 406. The van der Waals surface area contributed by atoms with Gasteiger partial charge < -0.3 is 5.11 Å². The van der Waals surface area contributed by atoms with Crippen LogP contribution in [0.4, 0.5) is 4.39 Å². The average molecular weight is 268 g/mol. The lowest BCUT2D eigenvalue weighted by Crippen LogP contribution is -2.38. The fourth-order valence-corrected chi connectivity index (χ4v) is 1.90. The minimum Gasteiger partial charge on any atom is -0.395 e. The van der Waals surface area contributed by atoms with Crippen molar-refractivity contribution in [3.63, 3.8) is 0 Å². The van der Waals surface area contributed by atoms with E-state index in [9.17, 15) is 9.18 Å². The molecule has 1 unspecified atom stereocenters. The van der Waals surface area contributed by atoms with Crippen molar-refractivity contribution in [3.05, 3.63) is 29.8 Å². The van der Waals surface area contributed by atoms with Gasteiger partial charge in [-0.3, -0.25) is 14.7 Å². The van der Waals surface area contributed by atoms with Crippen molar-refractivity contribution >= 4 is 5.78 Å². The third-order valence-electron chi connectivity index (χ3n) is 3.05. The second-order valence-corrected chi connectivity index (χ2v) is 4.94. The van der Waals surface area contributed by atoms with Crippen molar-refractivity contribution in [3.8, 4) is 0 Å². The molecule has 0 fully saturated rings.